The Kier molecular flexibility index (Phi) is 7.92. The van der Waals surface area contributed by atoms with E-state index in [-0.39, 0.29) is 12.0 Å². The molecule has 0 spiro atoms. The second-order valence-corrected chi connectivity index (χ2v) is 10.3. The number of aliphatic hydroxyl groups is 1. The molecular formula is C27H36ClN3O3. The Hall–Kier alpha value is -1.83. The van der Waals surface area contributed by atoms with Crippen LogP contribution in [0.4, 0.5) is 0 Å². The quantitative estimate of drug-likeness (QED) is 0.530. The maximum atomic E-state index is 11.2. The van der Waals surface area contributed by atoms with E-state index in [1.807, 2.05) is 18.2 Å². The molecule has 6 nitrogen and oxygen atoms in total. The second kappa shape index (κ2) is 11.3. The van der Waals surface area contributed by atoms with Crippen molar-refractivity contribution in [1.29, 1.82) is 0 Å². The summed E-state index contributed by atoms with van der Waals surface area (Å²) in [6.45, 7) is 7.25. The zero-order valence-corrected chi connectivity index (χ0v) is 20.6. The van der Waals surface area contributed by atoms with Gasteiger partial charge in [-0.05, 0) is 80.7 Å². The van der Waals surface area contributed by atoms with Gasteiger partial charge in [0, 0.05) is 36.6 Å². The first kappa shape index (κ1) is 23.9. The van der Waals surface area contributed by atoms with Gasteiger partial charge in [0.1, 0.15) is 19.4 Å². The van der Waals surface area contributed by atoms with E-state index in [0.717, 1.165) is 68.6 Å². The van der Waals surface area contributed by atoms with Crippen molar-refractivity contribution in [2.75, 3.05) is 45.9 Å². The molecule has 3 aliphatic heterocycles. The van der Waals surface area contributed by atoms with Crippen LogP contribution in [0.1, 0.15) is 30.4 Å². The third kappa shape index (κ3) is 6.23. The van der Waals surface area contributed by atoms with Crippen LogP contribution < -0.4 is 14.8 Å². The van der Waals surface area contributed by atoms with Crippen molar-refractivity contribution < 1.29 is 14.6 Å². The Balaban J connectivity index is 1.19. The Bertz CT molecular complexity index is 935. The highest BCUT2D eigenvalue weighted by Crippen LogP contribution is 2.31. The summed E-state index contributed by atoms with van der Waals surface area (Å²) in [6.07, 6.45) is 3.87. The molecule has 0 bridgehead atoms. The van der Waals surface area contributed by atoms with Crippen molar-refractivity contribution in [3.05, 3.63) is 58.6 Å². The zero-order valence-electron chi connectivity index (χ0n) is 19.8. The van der Waals surface area contributed by atoms with Gasteiger partial charge in [0.2, 0.25) is 0 Å². The minimum absolute atomic E-state index is 0.181. The fourth-order valence-electron chi connectivity index (χ4n) is 5.44. The number of halogens is 1. The number of aliphatic hydroxyl groups excluding tert-OH is 1. The molecular weight excluding hydrogens is 450 g/mol. The molecule has 3 aliphatic rings. The topological polar surface area (TPSA) is 57.2 Å². The lowest BCUT2D eigenvalue weighted by molar-refractivity contribution is 0.0597. The van der Waals surface area contributed by atoms with Crippen LogP contribution in [0.3, 0.4) is 0 Å². The summed E-state index contributed by atoms with van der Waals surface area (Å²) in [4.78, 5) is 4.94. The van der Waals surface area contributed by atoms with Crippen LogP contribution in [0.5, 0.6) is 11.5 Å². The van der Waals surface area contributed by atoms with Crippen LogP contribution in [0.25, 0.3) is 0 Å². The molecule has 0 saturated carbocycles. The molecule has 2 aromatic carbocycles. The summed E-state index contributed by atoms with van der Waals surface area (Å²) < 4.78 is 11.5. The van der Waals surface area contributed by atoms with Crippen LogP contribution in [0.2, 0.25) is 5.02 Å². The standard InChI is InChI=1S/C27H36ClN3O3/c28-23-6-3-20(4-7-23)17-31-12-9-22(18-31)27(32)29-24(19-30-10-1-2-11-30)15-21-5-8-25-26(16-21)34-14-13-33-25/h3-8,16,22,24,27,29,32H,1-2,9-15,17-19H2. The van der Waals surface area contributed by atoms with E-state index in [1.165, 1.54) is 24.0 Å². The van der Waals surface area contributed by atoms with Crippen molar-refractivity contribution in [2.45, 2.75) is 44.5 Å². The third-order valence-corrected chi connectivity index (χ3v) is 7.50. The molecule has 3 atom stereocenters. The van der Waals surface area contributed by atoms with Gasteiger partial charge in [0.15, 0.2) is 11.5 Å². The van der Waals surface area contributed by atoms with Crippen molar-refractivity contribution >= 4 is 11.6 Å². The van der Waals surface area contributed by atoms with Gasteiger partial charge in [-0.1, -0.05) is 29.8 Å². The Morgan fingerprint density at radius 3 is 2.47 bits per heavy atom. The predicted molar refractivity (Wildman–Crippen MR) is 135 cm³/mol. The highest BCUT2D eigenvalue weighted by molar-refractivity contribution is 6.30. The van der Waals surface area contributed by atoms with Gasteiger partial charge in [-0.25, -0.2) is 0 Å². The second-order valence-electron chi connectivity index (χ2n) is 9.91. The lowest BCUT2D eigenvalue weighted by Crippen LogP contribution is -2.49. The largest absolute Gasteiger partial charge is 0.486 e. The molecule has 2 aromatic rings. The number of hydrogen-bond acceptors (Lipinski definition) is 6. The molecule has 184 valence electrons. The smallest absolute Gasteiger partial charge is 0.161 e. The third-order valence-electron chi connectivity index (χ3n) is 7.25. The number of nitrogens with zero attached hydrogens (tertiary/aromatic N) is 2. The maximum Gasteiger partial charge on any atom is 0.161 e. The van der Waals surface area contributed by atoms with Crippen molar-refractivity contribution in [1.82, 2.24) is 15.1 Å². The number of hydrogen-bond donors (Lipinski definition) is 2. The van der Waals surface area contributed by atoms with Crippen LogP contribution in [-0.4, -0.2) is 73.1 Å². The van der Waals surface area contributed by atoms with Crippen LogP contribution in [0, 0.1) is 5.92 Å². The molecule has 0 radical (unpaired) electrons. The first-order valence-electron chi connectivity index (χ1n) is 12.6. The van der Waals surface area contributed by atoms with E-state index in [1.54, 1.807) is 0 Å². The lowest BCUT2D eigenvalue weighted by Gasteiger charge is -2.30. The van der Waals surface area contributed by atoms with Gasteiger partial charge in [-0.15, -0.1) is 0 Å². The number of benzene rings is 2. The van der Waals surface area contributed by atoms with Gasteiger partial charge >= 0.3 is 0 Å². The van der Waals surface area contributed by atoms with Crippen molar-refractivity contribution in [3.8, 4) is 11.5 Å². The van der Waals surface area contributed by atoms with Gasteiger partial charge in [-0.2, -0.15) is 0 Å². The molecule has 2 N–H and O–H groups in total. The summed E-state index contributed by atoms with van der Waals surface area (Å²) >= 11 is 6.02. The van der Waals surface area contributed by atoms with E-state index in [4.69, 9.17) is 21.1 Å². The van der Waals surface area contributed by atoms with Crippen molar-refractivity contribution in [3.63, 3.8) is 0 Å². The van der Waals surface area contributed by atoms with E-state index >= 15 is 0 Å². The zero-order chi connectivity index (χ0) is 23.3. The van der Waals surface area contributed by atoms with Gasteiger partial charge < -0.3 is 19.5 Å². The van der Waals surface area contributed by atoms with Crippen LogP contribution >= 0.6 is 11.6 Å². The molecule has 7 heteroatoms. The van der Waals surface area contributed by atoms with Gasteiger partial charge in [-0.3, -0.25) is 10.2 Å². The molecule has 3 heterocycles. The lowest BCUT2D eigenvalue weighted by atomic mass is 10.0. The minimum atomic E-state index is -0.514. The highest BCUT2D eigenvalue weighted by atomic mass is 35.5. The fraction of sp³-hybridized carbons (Fsp3) is 0.556. The molecule has 0 amide bonds. The molecule has 3 unspecified atom stereocenters. The summed E-state index contributed by atoms with van der Waals surface area (Å²) in [5.74, 6) is 1.89. The summed E-state index contributed by atoms with van der Waals surface area (Å²) in [5, 5.41) is 15.5. The first-order valence-corrected chi connectivity index (χ1v) is 13.0. The maximum absolute atomic E-state index is 11.2. The molecule has 0 aromatic heterocycles. The number of ether oxygens (including phenoxy) is 2. The van der Waals surface area contributed by atoms with Crippen molar-refractivity contribution in [2.24, 2.45) is 5.92 Å². The molecule has 34 heavy (non-hydrogen) atoms. The molecule has 5 rings (SSSR count). The Morgan fingerprint density at radius 2 is 1.68 bits per heavy atom. The summed E-state index contributed by atoms with van der Waals surface area (Å²) in [6, 6.07) is 14.5. The van der Waals surface area contributed by atoms with Gasteiger partial charge in [0.05, 0.1) is 0 Å². The summed E-state index contributed by atoms with van der Waals surface area (Å²) in [7, 11) is 0. The van der Waals surface area contributed by atoms with Crippen LogP contribution in [0.15, 0.2) is 42.5 Å². The SMILES string of the molecule is OC(NC(Cc1ccc2c(c1)OCCO2)CN1CCCC1)C1CCN(Cc2ccc(Cl)cc2)C1. The fourth-order valence-corrected chi connectivity index (χ4v) is 5.57. The van der Waals surface area contributed by atoms with Gasteiger partial charge in [0.25, 0.3) is 0 Å². The number of fused-ring (bicyclic) bond motifs is 1. The molecule has 0 aliphatic carbocycles. The monoisotopic (exact) mass is 485 g/mol. The van der Waals surface area contributed by atoms with Crippen LogP contribution in [-0.2, 0) is 13.0 Å². The predicted octanol–water partition coefficient (Wildman–Crippen LogP) is 3.55. The number of likely N-dealkylation sites (tertiary alicyclic amines) is 2. The van der Waals surface area contributed by atoms with E-state index in [9.17, 15) is 5.11 Å². The highest BCUT2D eigenvalue weighted by Gasteiger charge is 2.30. The normalized spacial score (nSPS) is 22.7. The van der Waals surface area contributed by atoms with E-state index in [0.29, 0.717) is 13.2 Å². The van der Waals surface area contributed by atoms with E-state index < -0.39 is 6.23 Å². The summed E-state index contributed by atoms with van der Waals surface area (Å²) in [5.41, 5.74) is 2.47. The molecule has 2 fully saturated rings. The Labute approximate surface area is 207 Å². The van der Waals surface area contributed by atoms with E-state index in [2.05, 4.69) is 39.4 Å². The number of rotatable bonds is 9. The average Bonchev–Trinajstić information content (AvgIpc) is 3.53. The Morgan fingerprint density at radius 1 is 0.941 bits per heavy atom. The minimum Gasteiger partial charge on any atom is -0.486 e. The molecule has 2 saturated heterocycles. The first-order chi connectivity index (χ1) is 16.6. The number of nitrogens with one attached hydrogen (secondary N) is 1. The average molecular weight is 486 g/mol.